The summed E-state index contributed by atoms with van der Waals surface area (Å²) in [5, 5.41) is 0. The second-order valence-electron chi connectivity index (χ2n) is 9.07. The van der Waals surface area contributed by atoms with E-state index in [4.69, 9.17) is 4.74 Å². The zero-order valence-corrected chi connectivity index (χ0v) is 18.2. The van der Waals surface area contributed by atoms with Crippen LogP contribution in [0.4, 0.5) is 5.69 Å². The molecule has 3 aromatic rings. The Bertz CT molecular complexity index is 1140. The number of nitrogens with zero attached hydrogens (tertiary/aromatic N) is 2. The van der Waals surface area contributed by atoms with Crippen molar-refractivity contribution in [3.8, 4) is 5.75 Å². The normalized spacial score (nSPS) is 21.7. The summed E-state index contributed by atoms with van der Waals surface area (Å²) in [5.41, 5.74) is 6.48. The van der Waals surface area contributed by atoms with Crippen molar-refractivity contribution in [2.75, 3.05) is 18.0 Å². The molecule has 1 fully saturated rings. The van der Waals surface area contributed by atoms with Crippen molar-refractivity contribution in [1.29, 1.82) is 0 Å². The summed E-state index contributed by atoms with van der Waals surface area (Å²) in [6.07, 6.45) is 3.62. The molecule has 1 amide bonds. The highest BCUT2D eigenvalue weighted by atomic mass is 16.5. The van der Waals surface area contributed by atoms with Crippen molar-refractivity contribution in [3.63, 3.8) is 0 Å². The third-order valence-corrected chi connectivity index (χ3v) is 7.24. The molecule has 3 aromatic carbocycles. The molecule has 32 heavy (non-hydrogen) atoms. The molecule has 3 heterocycles. The minimum atomic E-state index is 0.140. The van der Waals surface area contributed by atoms with Crippen molar-refractivity contribution < 1.29 is 9.53 Å². The maximum atomic E-state index is 12.7. The van der Waals surface area contributed by atoms with Gasteiger partial charge in [0.05, 0.1) is 12.1 Å². The average molecular weight is 425 g/mol. The first-order chi connectivity index (χ1) is 15.8. The number of amides is 1. The van der Waals surface area contributed by atoms with Crippen LogP contribution in [0.5, 0.6) is 5.75 Å². The standard InChI is InChI=1S/C28H28N2O2/c31-27-14-7-16-29(27)25-18-24(30-17-15-21-10-6-12-23(25)28(21)30)22-11-4-5-13-26(22)32-19-20-8-2-1-3-9-20/h1-6,8-13,24-25H,7,14-19H2. The molecule has 0 spiro atoms. The molecule has 3 aliphatic rings. The van der Waals surface area contributed by atoms with Gasteiger partial charge in [-0.2, -0.15) is 0 Å². The highest BCUT2D eigenvalue weighted by Crippen LogP contribution is 2.52. The predicted octanol–water partition coefficient (Wildman–Crippen LogP) is 5.44. The molecule has 4 nitrogen and oxygen atoms in total. The Labute approximate surface area is 189 Å². The lowest BCUT2D eigenvalue weighted by molar-refractivity contribution is -0.130. The molecule has 0 aliphatic carbocycles. The van der Waals surface area contributed by atoms with Crippen LogP contribution >= 0.6 is 0 Å². The third-order valence-electron chi connectivity index (χ3n) is 7.24. The Kier molecular flexibility index (Phi) is 4.86. The highest BCUT2D eigenvalue weighted by Gasteiger charge is 2.42. The van der Waals surface area contributed by atoms with Crippen LogP contribution in [0, 0.1) is 0 Å². The van der Waals surface area contributed by atoms with E-state index in [0.717, 1.165) is 38.1 Å². The van der Waals surface area contributed by atoms with Crippen LogP contribution in [0.15, 0.2) is 72.8 Å². The fourth-order valence-electron chi connectivity index (χ4n) is 5.77. The summed E-state index contributed by atoms with van der Waals surface area (Å²) in [4.78, 5) is 17.4. The fraction of sp³-hybridized carbons (Fsp3) is 0.321. The second kappa shape index (κ2) is 8.01. The molecule has 4 heteroatoms. The largest absolute Gasteiger partial charge is 0.489 e. The number of likely N-dealkylation sites (tertiary alicyclic amines) is 1. The van der Waals surface area contributed by atoms with Gasteiger partial charge in [-0.05, 0) is 42.0 Å². The van der Waals surface area contributed by atoms with Gasteiger partial charge in [-0.15, -0.1) is 0 Å². The van der Waals surface area contributed by atoms with Gasteiger partial charge in [0, 0.05) is 30.8 Å². The van der Waals surface area contributed by atoms with Crippen molar-refractivity contribution in [1.82, 2.24) is 4.90 Å². The van der Waals surface area contributed by atoms with Crippen molar-refractivity contribution >= 4 is 11.6 Å². The van der Waals surface area contributed by atoms with Gasteiger partial charge < -0.3 is 14.5 Å². The van der Waals surface area contributed by atoms with E-state index in [9.17, 15) is 4.79 Å². The zero-order chi connectivity index (χ0) is 21.5. The van der Waals surface area contributed by atoms with Gasteiger partial charge in [0.25, 0.3) is 0 Å². The number of hydrogen-bond acceptors (Lipinski definition) is 3. The van der Waals surface area contributed by atoms with Crippen LogP contribution < -0.4 is 9.64 Å². The molecule has 0 radical (unpaired) electrons. The first-order valence-electron chi connectivity index (χ1n) is 11.7. The predicted molar refractivity (Wildman–Crippen MR) is 126 cm³/mol. The van der Waals surface area contributed by atoms with E-state index in [-0.39, 0.29) is 12.1 Å². The quantitative estimate of drug-likeness (QED) is 0.547. The molecule has 2 atom stereocenters. The van der Waals surface area contributed by atoms with Crippen molar-refractivity contribution in [2.24, 2.45) is 0 Å². The maximum absolute atomic E-state index is 12.7. The molecular weight excluding hydrogens is 396 g/mol. The number of ether oxygens (including phenoxy) is 1. The Morgan fingerprint density at radius 2 is 1.56 bits per heavy atom. The number of carbonyl (C=O) groups is 1. The van der Waals surface area contributed by atoms with Gasteiger partial charge in [-0.3, -0.25) is 4.79 Å². The number of para-hydroxylation sites is 2. The van der Waals surface area contributed by atoms with Crippen LogP contribution in [0.1, 0.15) is 53.6 Å². The highest BCUT2D eigenvalue weighted by molar-refractivity contribution is 5.80. The second-order valence-corrected chi connectivity index (χ2v) is 9.07. The van der Waals surface area contributed by atoms with Gasteiger partial charge in [0.2, 0.25) is 5.91 Å². The van der Waals surface area contributed by atoms with E-state index < -0.39 is 0 Å². The minimum absolute atomic E-state index is 0.140. The molecule has 0 bridgehead atoms. The van der Waals surface area contributed by atoms with Crippen LogP contribution in [0.2, 0.25) is 0 Å². The molecule has 162 valence electrons. The summed E-state index contributed by atoms with van der Waals surface area (Å²) in [7, 11) is 0. The Balaban J connectivity index is 1.37. The van der Waals surface area contributed by atoms with Crippen molar-refractivity contribution in [3.05, 3.63) is 95.1 Å². The molecule has 0 saturated carbocycles. The van der Waals surface area contributed by atoms with Gasteiger partial charge in [-0.1, -0.05) is 66.7 Å². The number of rotatable bonds is 5. The Morgan fingerprint density at radius 3 is 2.41 bits per heavy atom. The number of anilines is 1. The van der Waals surface area contributed by atoms with E-state index in [0.29, 0.717) is 18.9 Å². The van der Waals surface area contributed by atoms with E-state index in [1.165, 1.54) is 27.9 Å². The zero-order valence-electron chi connectivity index (χ0n) is 18.2. The minimum Gasteiger partial charge on any atom is -0.489 e. The molecular formula is C28H28N2O2. The van der Waals surface area contributed by atoms with Gasteiger partial charge in [-0.25, -0.2) is 0 Å². The van der Waals surface area contributed by atoms with E-state index in [1.807, 2.05) is 18.2 Å². The number of hydrogen-bond donors (Lipinski definition) is 0. The monoisotopic (exact) mass is 424 g/mol. The number of benzene rings is 3. The summed E-state index contributed by atoms with van der Waals surface area (Å²) in [6.45, 7) is 2.44. The summed E-state index contributed by atoms with van der Waals surface area (Å²) in [5.74, 6) is 1.24. The van der Waals surface area contributed by atoms with Crippen LogP contribution in [-0.4, -0.2) is 23.9 Å². The van der Waals surface area contributed by atoms with Crippen LogP contribution in [-0.2, 0) is 17.8 Å². The van der Waals surface area contributed by atoms with E-state index in [1.54, 1.807) is 0 Å². The van der Waals surface area contributed by atoms with E-state index in [2.05, 4.69) is 64.4 Å². The lowest BCUT2D eigenvalue weighted by Crippen LogP contribution is -2.39. The third kappa shape index (κ3) is 3.26. The fourth-order valence-corrected chi connectivity index (χ4v) is 5.77. The SMILES string of the molecule is O=C1CCCN1C1CC(c2ccccc2OCc2ccccc2)N2CCc3cccc1c32. The smallest absolute Gasteiger partial charge is 0.223 e. The maximum Gasteiger partial charge on any atom is 0.223 e. The first-order valence-corrected chi connectivity index (χ1v) is 11.7. The molecule has 6 rings (SSSR count). The molecule has 0 aromatic heterocycles. The Hall–Kier alpha value is -3.27. The molecule has 0 N–H and O–H groups in total. The van der Waals surface area contributed by atoms with Crippen LogP contribution in [0.3, 0.4) is 0 Å². The molecule has 2 unspecified atom stereocenters. The van der Waals surface area contributed by atoms with Crippen LogP contribution in [0.25, 0.3) is 0 Å². The summed E-state index contributed by atoms with van der Waals surface area (Å²) in [6, 6.07) is 25.8. The molecule has 3 aliphatic heterocycles. The lowest BCUT2D eigenvalue weighted by atomic mass is 9.86. The van der Waals surface area contributed by atoms with Gasteiger partial charge >= 0.3 is 0 Å². The lowest BCUT2D eigenvalue weighted by Gasteiger charge is -2.43. The average Bonchev–Trinajstić information content (AvgIpc) is 3.47. The van der Waals surface area contributed by atoms with Gasteiger partial charge in [0.15, 0.2) is 0 Å². The summed E-state index contributed by atoms with van der Waals surface area (Å²) >= 11 is 0. The molecule has 1 saturated heterocycles. The van der Waals surface area contributed by atoms with E-state index >= 15 is 0 Å². The van der Waals surface area contributed by atoms with Gasteiger partial charge in [0.1, 0.15) is 12.4 Å². The first kappa shape index (κ1) is 19.4. The number of carbonyl (C=O) groups excluding carboxylic acids is 1. The topological polar surface area (TPSA) is 32.8 Å². The Morgan fingerprint density at radius 1 is 0.781 bits per heavy atom. The van der Waals surface area contributed by atoms with Crippen molar-refractivity contribution in [2.45, 2.75) is 44.4 Å². The summed E-state index contributed by atoms with van der Waals surface area (Å²) < 4.78 is 6.35.